The molecule has 2 atom stereocenters. The van der Waals surface area contributed by atoms with Crippen molar-refractivity contribution in [2.45, 2.75) is 57.7 Å². The second-order valence-corrected chi connectivity index (χ2v) is 10.6. The maximum absolute atomic E-state index is 13.2. The number of hydrogen-bond acceptors (Lipinski definition) is 7. The molecule has 1 N–H and O–H groups in total. The number of Topliss-reactive ketones (excluding diaryl/α,β-unsaturated/α-hetero) is 1. The van der Waals surface area contributed by atoms with E-state index < -0.39 is 34.7 Å². The van der Waals surface area contributed by atoms with Crippen molar-refractivity contribution in [1.29, 1.82) is 0 Å². The van der Waals surface area contributed by atoms with Gasteiger partial charge in [0.25, 0.3) is 0 Å². The zero-order chi connectivity index (χ0) is 25.2. The number of carbonyl (C=O) groups excluding carboxylic acids is 2. The third-order valence-electron chi connectivity index (χ3n) is 6.33. The van der Waals surface area contributed by atoms with Gasteiger partial charge in [-0.25, -0.2) is 8.42 Å². The SMILES string of the molecule is COCCn1c(C)cc(C(=O)COC(=O)[C@@H]2CC(O)CN2S(=O)(=O)c2ccc(C)c(C)c2)c1C. The Morgan fingerprint density at radius 1 is 1.12 bits per heavy atom. The number of ketones is 1. The number of aryl methyl sites for hydroxylation is 3. The largest absolute Gasteiger partial charge is 0.456 e. The number of aliphatic hydroxyl groups is 1. The third-order valence-corrected chi connectivity index (χ3v) is 8.20. The van der Waals surface area contributed by atoms with Gasteiger partial charge in [0.1, 0.15) is 6.04 Å². The number of esters is 1. The molecule has 0 amide bonds. The summed E-state index contributed by atoms with van der Waals surface area (Å²) in [5, 5.41) is 10.1. The molecule has 1 aliphatic rings. The maximum Gasteiger partial charge on any atom is 0.325 e. The van der Waals surface area contributed by atoms with E-state index in [1.54, 1.807) is 32.2 Å². The average Bonchev–Trinajstić information content (AvgIpc) is 3.32. The zero-order valence-corrected chi connectivity index (χ0v) is 21.0. The molecule has 1 saturated heterocycles. The van der Waals surface area contributed by atoms with E-state index in [9.17, 15) is 23.1 Å². The van der Waals surface area contributed by atoms with Crippen molar-refractivity contribution >= 4 is 21.8 Å². The molecule has 2 heterocycles. The second-order valence-electron chi connectivity index (χ2n) is 8.69. The molecule has 0 spiro atoms. The van der Waals surface area contributed by atoms with Gasteiger partial charge in [0.2, 0.25) is 15.8 Å². The molecule has 186 valence electrons. The lowest BCUT2D eigenvalue weighted by Gasteiger charge is -2.22. The quantitative estimate of drug-likeness (QED) is 0.420. The first kappa shape index (κ1) is 26.1. The average molecular weight is 493 g/mol. The summed E-state index contributed by atoms with van der Waals surface area (Å²) in [6.45, 7) is 7.71. The number of benzene rings is 1. The minimum atomic E-state index is -4.04. The van der Waals surface area contributed by atoms with Crippen LogP contribution in [-0.2, 0) is 30.8 Å². The van der Waals surface area contributed by atoms with Gasteiger partial charge in [-0.1, -0.05) is 6.07 Å². The Morgan fingerprint density at radius 3 is 2.47 bits per heavy atom. The van der Waals surface area contributed by atoms with Crippen molar-refractivity contribution in [3.63, 3.8) is 0 Å². The minimum absolute atomic E-state index is 0.0436. The van der Waals surface area contributed by atoms with Crippen LogP contribution in [0.5, 0.6) is 0 Å². The molecule has 34 heavy (non-hydrogen) atoms. The second kappa shape index (κ2) is 10.4. The number of methoxy groups -OCH3 is 1. The van der Waals surface area contributed by atoms with Crippen molar-refractivity contribution in [1.82, 2.24) is 8.87 Å². The Labute approximate surface area is 200 Å². The van der Waals surface area contributed by atoms with Gasteiger partial charge >= 0.3 is 5.97 Å². The topological polar surface area (TPSA) is 115 Å². The molecule has 0 saturated carbocycles. The first-order valence-corrected chi connectivity index (χ1v) is 12.5. The summed E-state index contributed by atoms with van der Waals surface area (Å²) >= 11 is 0. The zero-order valence-electron chi connectivity index (χ0n) is 20.2. The molecule has 10 heteroatoms. The summed E-state index contributed by atoms with van der Waals surface area (Å²) < 4.78 is 39.7. The Bertz CT molecular complexity index is 1190. The molecule has 1 unspecified atom stereocenters. The number of nitrogens with zero attached hydrogens (tertiary/aromatic N) is 2. The third kappa shape index (κ3) is 5.25. The van der Waals surface area contributed by atoms with Gasteiger partial charge < -0.3 is 19.1 Å². The molecule has 0 radical (unpaired) electrons. The Kier molecular flexibility index (Phi) is 7.97. The number of hydrogen-bond donors (Lipinski definition) is 1. The lowest BCUT2D eigenvalue weighted by Crippen LogP contribution is -2.42. The van der Waals surface area contributed by atoms with Crippen LogP contribution in [0.1, 0.15) is 39.3 Å². The first-order valence-electron chi connectivity index (χ1n) is 11.1. The van der Waals surface area contributed by atoms with Gasteiger partial charge in [-0.3, -0.25) is 9.59 Å². The van der Waals surface area contributed by atoms with Crippen LogP contribution < -0.4 is 0 Å². The smallest absolute Gasteiger partial charge is 0.325 e. The van der Waals surface area contributed by atoms with Crippen molar-refractivity contribution in [3.05, 3.63) is 52.3 Å². The molecule has 1 aliphatic heterocycles. The first-order chi connectivity index (χ1) is 16.0. The predicted molar refractivity (Wildman–Crippen MR) is 125 cm³/mol. The number of rotatable bonds is 9. The van der Waals surface area contributed by atoms with E-state index in [2.05, 4.69) is 0 Å². The number of carbonyl (C=O) groups is 2. The predicted octanol–water partition coefficient (Wildman–Crippen LogP) is 1.92. The normalized spacial score (nSPS) is 18.9. The fourth-order valence-corrected chi connectivity index (χ4v) is 5.91. The fraction of sp³-hybridized carbons (Fsp3) is 0.500. The Morgan fingerprint density at radius 2 is 1.82 bits per heavy atom. The van der Waals surface area contributed by atoms with Gasteiger partial charge in [0.15, 0.2) is 6.61 Å². The van der Waals surface area contributed by atoms with Gasteiger partial charge in [-0.15, -0.1) is 0 Å². The van der Waals surface area contributed by atoms with Crippen molar-refractivity contribution in [2.75, 3.05) is 26.9 Å². The van der Waals surface area contributed by atoms with Gasteiger partial charge in [-0.2, -0.15) is 4.31 Å². The number of aliphatic hydroxyl groups excluding tert-OH is 1. The lowest BCUT2D eigenvalue weighted by atomic mass is 10.1. The number of aromatic nitrogens is 1. The van der Waals surface area contributed by atoms with E-state index in [4.69, 9.17) is 9.47 Å². The number of sulfonamides is 1. The minimum Gasteiger partial charge on any atom is -0.456 e. The van der Waals surface area contributed by atoms with Gasteiger partial charge in [0.05, 0.1) is 17.6 Å². The van der Waals surface area contributed by atoms with Crippen molar-refractivity contribution in [3.8, 4) is 0 Å². The van der Waals surface area contributed by atoms with Gasteiger partial charge in [-0.05, 0) is 57.0 Å². The lowest BCUT2D eigenvalue weighted by molar-refractivity contribution is -0.146. The highest BCUT2D eigenvalue weighted by Gasteiger charge is 2.44. The van der Waals surface area contributed by atoms with Crippen molar-refractivity contribution < 1.29 is 32.6 Å². The summed E-state index contributed by atoms with van der Waals surface area (Å²) in [6, 6.07) is 5.25. The summed E-state index contributed by atoms with van der Waals surface area (Å²) in [6.07, 6.45) is -1.10. The van der Waals surface area contributed by atoms with Gasteiger partial charge in [0, 0.05) is 43.6 Å². The highest BCUT2D eigenvalue weighted by Crippen LogP contribution is 2.28. The molecule has 1 aromatic carbocycles. The van der Waals surface area contributed by atoms with Crippen molar-refractivity contribution in [2.24, 2.45) is 0 Å². The van der Waals surface area contributed by atoms with Crippen LogP contribution >= 0.6 is 0 Å². The Balaban J connectivity index is 1.73. The molecule has 0 aliphatic carbocycles. The molecular weight excluding hydrogens is 460 g/mol. The van der Waals surface area contributed by atoms with E-state index in [1.807, 2.05) is 25.3 Å². The summed E-state index contributed by atoms with van der Waals surface area (Å²) in [5.74, 6) is -1.24. The van der Waals surface area contributed by atoms with E-state index >= 15 is 0 Å². The van der Waals surface area contributed by atoms with Crippen LogP contribution in [0.4, 0.5) is 0 Å². The Hall–Kier alpha value is -2.53. The highest BCUT2D eigenvalue weighted by atomic mass is 32.2. The van der Waals surface area contributed by atoms with E-state index in [0.717, 1.165) is 26.8 Å². The summed E-state index contributed by atoms with van der Waals surface area (Å²) in [5.41, 5.74) is 3.80. The molecule has 1 aromatic heterocycles. The summed E-state index contributed by atoms with van der Waals surface area (Å²) in [7, 11) is -2.44. The number of β-amino-alcohol motifs (C(OH)–C–C–N with tert-alkyl or cyclic N) is 1. The fourth-order valence-electron chi connectivity index (χ4n) is 4.19. The standard InChI is InChI=1S/C24H32N2O7S/c1-15-6-7-20(10-16(15)2)34(30,31)26-13-19(27)12-22(26)24(29)33-14-23(28)21-11-17(3)25(18(21)4)8-9-32-5/h6-7,10-11,19,22,27H,8-9,12-14H2,1-5H3/t19?,22-/m0/s1. The molecule has 0 bridgehead atoms. The van der Waals surface area contributed by atoms with Crippen LogP contribution in [0, 0.1) is 27.7 Å². The van der Waals surface area contributed by atoms with Crippen LogP contribution in [0.2, 0.25) is 0 Å². The maximum atomic E-state index is 13.2. The molecule has 1 fully saturated rings. The summed E-state index contributed by atoms with van der Waals surface area (Å²) in [4.78, 5) is 25.6. The van der Waals surface area contributed by atoms with E-state index in [-0.39, 0.29) is 23.6 Å². The molecular formula is C24H32N2O7S. The van der Waals surface area contributed by atoms with Crippen LogP contribution in [0.3, 0.4) is 0 Å². The van der Waals surface area contributed by atoms with Crippen LogP contribution in [0.15, 0.2) is 29.2 Å². The van der Waals surface area contributed by atoms with E-state index in [1.165, 1.54) is 6.07 Å². The van der Waals surface area contributed by atoms with Crippen LogP contribution in [-0.4, -0.2) is 73.2 Å². The number of ether oxygens (including phenoxy) is 2. The molecule has 3 rings (SSSR count). The molecule has 2 aromatic rings. The van der Waals surface area contributed by atoms with E-state index in [0.29, 0.717) is 18.7 Å². The van der Waals surface area contributed by atoms with Crippen LogP contribution in [0.25, 0.3) is 0 Å². The highest BCUT2D eigenvalue weighted by molar-refractivity contribution is 7.89. The monoisotopic (exact) mass is 492 g/mol. The molecule has 9 nitrogen and oxygen atoms in total.